The molecule has 0 aliphatic carbocycles. The fraction of sp³-hybridized carbons (Fsp3) is 0.333. The van der Waals surface area contributed by atoms with E-state index in [4.69, 9.17) is 15.6 Å². The largest absolute Gasteiger partial charge is 0.492 e. The standard InChI is InChI=1S/C18H23N3O4/c19-17-7-4-14(11-21-17)16(22)12-20-9-10-25-15-5-1-13(2-6-15)3-8-18(23)24/h1-2,4-7,11,16,20,22H,3,8-10,12H2,(H2,19,21)(H,23,24). The van der Waals surface area contributed by atoms with Gasteiger partial charge < -0.3 is 26.0 Å². The van der Waals surface area contributed by atoms with Crippen LogP contribution in [0.2, 0.25) is 0 Å². The van der Waals surface area contributed by atoms with Gasteiger partial charge in [0.05, 0.1) is 6.10 Å². The minimum absolute atomic E-state index is 0.121. The van der Waals surface area contributed by atoms with Gasteiger partial charge in [-0.2, -0.15) is 0 Å². The molecule has 0 radical (unpaired) electrons. The number of aliphatic hydroxyl groups excluding tert-OH is 1. The van der Waals surface area contributed by atoms with Crippen molar-refractivity contribution in [2.75, 3.05) is 25.4 Å². The lowest BCUT2D eigenvalue weighted by Gasteiger charge is -2.12. The molecule has 0 amide bonds. The number of benzene rings is 1. The van der Waals surface area contributed by atoms with Crippen LogP contribution in [0.1, 0.15) is 23.7 Å². The zero-order chi connectivity index (χ0) is 18.1. The van der Waals surface area contributed by atoms with Crippen LogP contribution < -0.4 is 15.8 Å². The van der Waals surface area contributed by atoms with Crippen molar-refractivity contribution in [2.24, 2.45) is 0 Å². The Morgan fingerprint density at radius 3 is 2.64 bits per heavy atom. The third-order valence-corrected chi connectivity index (χ3v) is 3.63. The Morgan fingerprint density at radius 1 is 1.24 bits per heavy atom. The van der Waals surface area contributed by atoms with E-state index in [-0.39, 0.29) is 6.42 Å². The number of nitrogen functional groups attached to an aromatic ring is 1. The SMILES string of the molecule is Nc1ccc(C(O)CNCCOc2ccc(CCC(=O)O)cc2)cn1. The van der Waals surface area contributed by atoms with E-state index in [9.17, 15) is 9.90 Å². The highest BCUT2D eigenvalue weighted by molar-refractivity contribution is 5.67. The van der Waals surface area contributed by atoms with Crippen molar-refractivity contribution < 1.29 is 19.7 Å². The van der Waals surface area contributed by atoms with Crippen molar-refractivity contribution in [1.29, 1.82) is 0 Å². The van der Waals surface area contributed by atoms with Crippen LogP contribution in [0.25, 0.3) is 0 Å². The number of pyridine rings is 1. The number of rotatable bonds is 10. The summed E-state index contributed by atoms with van der Waals surface area (Å²) in [5.74, 6) is 0.346. The average Bonchev–Trinajstić information content (AvgIpc) is 2.61. The van der Waals surface area contributed by atoms with Gasteiger partial charge in [-0.05, 0) is 30.2 Å². The molecule has 1 aromatic carbocycles. The fourth-order valence-corrected chi connectivity index (χ4v) is 2.22. The maximum atomic E-state index is 10.5. The number of nitrogens with zero attached hydrogens (tertiary/aromatic N) is 1. The first-order chi connectivity index (χ1) is 12.0. The second-order valence-corrected chi connectivity index (χ2v) is 5.62. The van der Waals surface area contributed by atoms with Crippen molar-refractivity contribution in [3.8, 4) is 5.75 Å². The Hall–Kier alpha value is -2.64. The zero-order valence-electron chi connectivity index (χ0n) is 13.9. The van der Waals surface area contributed by atoms with E-state index < -0.39 is 12.1 Å². The minimum Gasteiger partial charge on any atom is -0.492 e. The highest BCUT2D eigenvalue weighted by Crippen LogP contribution is 2.14. The Morgan fingerprint density at radius 2 is 2.00 bits per heavy atom. The molecular formula is C18H23N3O4. The summed E-state index contributed by atoms with van der Waals surface area (Å²) < 4.78 is 5.60. The third-order valence-electron chi connectivity index (χ3n) is 3.63. The van der Waals surface area contributed by atoms with Crippen LogP contribution >= 0.6 is 0 Å². The molecule has 1 unspecified atom stereocenters. The maximum absolute atomic E-state index is 10.5. The Bertz CT molecular complexity index is 659. The molecular weight excluding hydrogens is 322 g/mol. The minimum atomic E-state index is -0.802. The van der Waals surface area contributed by atoms with Crippen molar-refractivity contribution in [1.82, 2.24) is 10.3 Å². The predicted molar refractivity (Wildman–Crippen MR) is 94.4 cm³/mol. The van der Waals surface area contributed by atoms with Crippen LogP contribution in [0.3, 0.4) is 0 Å². The van der Waals surface area contributed by atoms with E-state index in [1.807, 2.05) is 24.3 Å². The molecule has 1 aromatic heterocycles. The molecule has 0 aliphatic heterocycles. The fourth-order valence-electron chi connectivity index (χ4n) is 2.22. The van der Waals surface area contributed by atoms with Crippen LogP contribution in [-0.4, -0.2) is 40.9 Å². The van der Waals surface area contributed by atoms with Crippen LogP contribution in [0.5, 0.6) is 5.75 Å². The molecule has 2 rings (SSSR count). The molecule has 5 N–H and O–H groups in total. The Labute approximate surface area is 146 Å². The molecule has 25 heavy (non-hydrogen) atoms. The number of ether oxygens (including phenoxy) is 1. The van der Waals surface area contributed by atoms with E-state index in [1.54, 1.807) is 18.3 Å². The summed E-state index contributed by atoms with van der Waals surface area (Å²) in [5, 5.41) is 21.8. The predicted octanol–water partition coefficient (Wildman–Crippen LogP) is 1.38. The Balaban J connectivity index is 1.64. The summed E-state index contributed by atoms with van der Waals surface area (Å²) in [6.45, 7) is 1.44. The summed E-state index contributed by atoms with van der Waals surface area (Å²) >= 11 is 0. The Kier molecular flexibility index (Phi) is 7.18. The third kappa shape index (κ3) is 6.78. The normalized spacial score (nSPS) is 11.9. The number of aromatic nitrogens is 1. The molecule has 0 bridgehead atoms. The van der Waals surface area contributed by atoms with E-state index in [1.165, 1.54) is 0 Å². The molecule has 1 atom stereocenters. The summed E-state index contributed by atoms with van der Waals surface area (Å²) in [6.07, 6.45) is 1.54. The molecule has 0 fully saturated rings. The van der Waals surface area contributed by atoms with Crippen LogP contribution in [0, 0.1) is 0 Å². The average molecular weight is 345 g/mol. The van der Waals surface area contributed by atoms with Crippen molar-refractivity contribution in [3.63, 3.8) is 0 Å². The molecule has 0 spiro atoms. The number of aliphatic hydroxyl groups is 1. The number of nitrogens with one attached hydrogen (secondary N) is 1. The summed E-state index contributed by atoms with van der Waals surface area (Å²) in [4.78, 5) is 14.5. The van der Waals surface area contributed by atoms with Gasteiger partial charge in [0.2, 0.25) is 0 Å². The molecule has 7 heteroatoms. The van der Waals surface area contributed by atoms with Gasteiger partial charge in [-0.25, -0.2) is 4.98 Å². The lowest BCUT2D eigenvalue weighted by molar-refractivity contribution is -0.136. The highest BCUT2D eigenvalue weighted by atomic mass is 16.5. The van der Waals surface area contributed by atoms with Gasteiger partial charge in [-0.1, -0.05) is 18.2 Å². The van der Waals surface area contributed by atoms with Gasteiger partial charge in [-0.15, -0.1) is 0 Å². The van der Waals surface area contributed by atoms with E-state index in [0.29, 0.717) is 37.5 Å². The van der Waals surface area contributed by atoms with E-state index >= 15 is 0 Å². The lowest BCUT2D eigenvalue weighted by atomic mass is 10.1. The maximum Gasteiger partial charge on any atom is 0.303 e. The van der Waals surface area contributed by atoms with Crippen LogP contribution in [0.15, 0.2) is 42.6 Å². The van der Waals surface area contributed by atoms with Crippen LogP contribution in [-0.2, 0) is 11.2 Å². The lowest BCUT2D eigenvalue weighted by Crippen LogP contribution is -2.26. The number of hydrogen-bond acceptors (Lipinski definition) is 6. The van der Waals surface area contributed by atoms with E-state index in [2.05, 4.69) is 10.3 Å². The number of hydrogen-bond donors (Lipinski definition) is 4. The molecule has 2 aromatic rings. The van der Waals surface area contributed by atoms with E-state index in [0.717, 1.165) is 11.3 Å². The number of nitrogens with two attached hydrogens (primary N) is 1. The number of carboxylic acid groups (broad SMARTS) is 1. The second-order valence-electron chi connectivity index (χ2n) is 5.62. The van der Waals surface area contributed by atoms with Gasteiger partial charge in [-0.3, -0.25) is 4.79 Å². The molecule has 7 nitrogen and oxygen atoms in total. The van der Waals surface area contributed by atoms with Gasteiger partial charge >= 0.3 is 5.97 Å². The molecule has 0 saturated heterocycles. The monoisotopic (exact) mass is 345 g/mol. The number of aliphatic carboxylic acids is 1. The first-order valence-corrected chi connectivity index (χ1v) is 8.08. The molecule has 134 valence electrons. The highest BCUT2D eigenvalue weighted by Gasteiger charge is 2.07. The van der Waals surface area contributed by atoms with Gasteiger partial charge in [0, 0.05) is 31.3 Å². The first kappa shape index (κ1) is 18.7. The van der Waals surface area contributed by atoms with Crippen LogP contribution in [0.4, 0.5) is 5.82 Å². The number of anilines is 1. The smallest absolute Gasteiger partial charge is 0.303 e. The summed E-state index contributed by atoms with van der Waals surface area (Å²) in [6, 6.07) is 10.8. The zero-order valence-corrected chi connectivity index (χ0v) is 13.9. The van der Waals surface area contributed by atoms with Gasteiger partial charge in [0.15, 0.2) is 0 Å². The van der Waals surface area contributed by atoms with Crippen molar-refractivity contribution >= 4 is 11.8 Å². The first-order valence-electron chi connectivity index (χ1n) is 8.08. The number of carboxylic acids is 1. The number of aryl methyl sites for hydroxylation is 1. The van der Waals surface area contributed by atoms with Crippen molar-refractivity contribution in [2.45, 2.75) is 18.9 Å². The van der Waals surface area contributed by atoms with Crippen molar-refractivity contribution in [3.05, 3.63) is 53.7 Å². The summed E-state index contributed by atoms with van der Waals surface area (Å²) in [5.41, 5.74) is 7.18. The number of carbonyl (C=O) groups is 1. The molecule has 0 aliphatic rings. The second kappa shape index (κ2) is 9.61. The molecule has 1 heterocycles. The van der Waals surface area contributed by atoms with Gasteiger partial charge in [0.25, 0.3) is 0 Å². The summed E-state index contributed by atoms with van der Waals surface area (Å²) in [7, 11) is 0. The molecule has 0 saturated carbocycles. The topological polar surface area (TPSA) is 118 Å². The quantitative estimate of drug-likeness (QED) is 0.481. The van der Waals surface area contributed by atoms with Gasteiger partial charge in [0.1, 0.15) is 18.2 Å².